The second-order valence-electron chi connectivity index (χ2n) is 7.34. The summed E-state index contributed by atoms with van der Waals surface area (Å²) < 4.78 is 30.8. The van der Waals surface area contributed by atoms with Gasteiger partial charge in [-0.2, -0.15) is 0 Å². The van der Waals surface area contributed by atoms with Crippen molar-refractivity contribution < 1.29 is 13.9 Å². The summed E-state index contributed by atoms with van der Waals surface area (Å²) in [5.41, 5.74) is 2.70. The van der Waals surface area contributed by atoms with Crippen LogP contribution in [0.5, 0.6) is 0 Å². The van der Waals surface area contributed by atoms with E-state index in [9.17, 15) is 13.9 Å². The predicted octanol–water partition coefficient (Wildman–Crippen LogP) is 5.75. The molecule has 2 aromatic heterocycles. The Morgan fingerprint density at radius 2 is 1.21 bits per heavy atom. The molecular formula is C24H20F2N2O. The number of halogens is 2. The minimum Gasteiger partial charge on any atom is -0.389 e. The highest BCUT2D eigenvalue weighted by molar-refractivity contribution is 6.07. The standard InChI is InChI=1S/C24H20F2N2O/c25-24(26)23-13-16-7-1-4-10-20(16)27(23)14-17(29)15-28-21-11-5-2-8-18(21)19-9-3-6-12-22(19)28/h1-13,17,24,29H,14-15H2. The van der Waals surface area contributed by atoms with Crippen LogP contribution >= 0.6 is 0 Å². The first-order chi connectivity index (χ1) is 14.1. The minimum absolute atomic E-state index is 0.0625. The van der Waals surface area contributed by atoms with Gasteiger partial charge in [0.2, 0.25) is 0 Å². The van der Waals surface area contributed by atoms with E-state index in [4.69, 9.17) is 0 Å². The zero-order valence-corrected chi connectivity index (χ0v) is 15.7. The third kappa shape index (κ3) is 2.98. The second kappa shape index (κ2) is 7.01. The summed E-state index contributed by atoms with van der Waals surface area (Å²) in [5, 5.41) is 13.9. The lowest BCUT2D eigenvalue weighted by Gasteiger charge is -2.17. The van der Waals surface area contributed by atoms with Crippen molar-refractivity contribution in [3.63, 3.8) is 0 Å². The Kier molecular flexibility index (Phi) is 4.32. The number of hydrogen-bond donors (Lipinski definition) is 1. The Balaban J connectivity index is 1.54. The SMILES string of the molecule is OC(Cn1c(C(F)F)cc2ccccc21)Cn1c2ccccc2c2ccccc21. The maximum atomic E-state index is 13.6. The van der Waals surface area contributed by atoms with Gasteiger partial charge in [-0.1, -0.05) is 54.6 Å². The highest BCUT2D eigenvalue weighted by Crippen LogP contribution is 2.30. The number of fused-ring (bicyclic) bond motifs is 4. The maximum absolute atomic E-state index is 13.6. The lowest BCUT2D eigenvalue weighted by Crippen LogP contribution is -2.23. The third-order valence-corrected chi connectivity index (χ3v) is 5.53. The molecule has 1 N–H and O–H groups in total. The average molecular weight is 390 g/mol. The first-order valence-electron chi connectivity index (χ1n) is 9.64. The third-order valence-electron chi connectivity index (χ3n) is 5.53. The first kappa shape index (κ1) is 17.9. The molecule has 5 heteroatoms. The molecule has 0 spiro atoms. The van der Waals surface area contributed by atoms with Crippen LogP contribution in [0.25, 0.3) is 32.7 Å². The summed E-state index contributed by atoms with van der Waals surface area (Å²) in [4.78, 5) is 0. The molecule has 3 nitrogen and oxygen atoms in total. The van der Waals surface area contributed by atoms with Crippen LogP contribution in [0.15, 0.2) is 78.9 Å². The molecule has 0 saturated heterocycles. The van der Waals surface area contributed by atoms with E-state index in [-0.39, 0.29) is 12.2 Å². The quantitative estimate of drug-likeness (QED) is 0.407. The van der Waals surface area contributed by atoms with E-state index in [0.717, 1.165) is 27.2 Å². The second-order valence-corrected chi connectivity index (χ2v) is 7.34. The summed E-state index contributed by atoms with van der Waals surface area (Å²) in [6.07, 6.45) is -3.41. The fourth-order valence-corrected chi connectivity index (χ4v) is 4.30. The van der Waals surface area contributed by atoms with Gasteiger partial charge >= 0.3 is 0 Å². The maximum Gasteiger partial charge on any atom is 0.278 e. The Bertz CT molecular complexity index is 1270. The summed E-state index contributed by atoms with van der Waals surface area (Å²) in [5.74, 6) is 0. The molecule has 0 aliphatic rings. The van der Waals surface area contributed by atoms with Crippen molar-refractivity contribution in [1.29, 1.82) is 0 Å². The largest absolute Gasteiger partial charge is 0.389 e. The number of aliphatic hydroxyl groups is 1. The molecule has 0 aliphatic carbocycles. The molecule has 1 atom stereocenters. The van der Waals surface area contributed by atoms with Crippen molar-refractivity contribution in [2.45, 2.75) is 25.6 Å². The molecule has 1 unspecified atom stereocenters. The van der Waals surface area contributed by atoms with Gasteiger partial charge in [0.1, 0.15) is 0 Å². The van der Waals surface area contributed by atoms with Gasteiger partial charge in [0.25, 0.3) is 6.43 Å². The van der Waals surface area contributed by atoms with Crippen LogP contribution in [-0.4, -0.2) is 20.3 Å². The van der Waals surface area contributed by atoms with Gasteiger partial charge in [-0.25, -0.2) is 8.78 Å². The Morgan fingerprint density at radius 1 is 0.690 bits per heavy atom. The lowest BCUT2D eigenvalue weighted by molar-refractivity contribution is 0.118. The Morgan fingerprint density at radius 3 is 1.83 bits per heavy atom. The number of hydrogen-bond acceptors (Lipinski definition) is 1. The van der Waals surface area contributed by atoms with Crippen LogP contribution in [0.1, 0.15) is 12.1 Å². The number of nitrogens with zero attached hydrogens (tertiary/aromatic N) is 2. The summed E-state index contributed by atoms with van der Waals surface area (Å²) in [6.45, 7) is 0.428. The van der Waals surface area contributed by atoms with Crippen LogP contribution in [0.4, 0.5) is 8.78 Å². The molecule has 2 heterocycles. The van der Waals surface area contributed by atoms with E-state index in [1.807, 2.05) is 60.7 Å². The number of alkyl halides is 2. The monoisotopic (exact) mass is 390 g/mol. The van der Waals surface area contributed by atoms with E-state index >= 15 is 0 Å². The predicted molar refractivity (Wildman–Crippen MR) is 112 cm³/mol. The van der Waals surface area contributed by atoms with Gasteiger partial charge in [-0.15, -0.1) is 0 Å². The fraction of sp³-hybridized carbons (Fsp3) is 0.167. The van der Waals surface area contributed by atoms with E-state index in [0.29, 0.717) is 12.1 Å². The van der Waals surface area contributed by atoms with E-state index in [1.54, 1.807) is 4.57 Å². The highest BCUT2D eigenvalue weighted by atomic mass is 19.3. The minimum atomic E-state index is -2.59. The number of rotatable bonds is 5. The number of aliphatic hydroxyl groups excluding tert-OH is 1. The summed E-state index contributed by atoms with van der Waals surface area (Å²) in [7, 11) is 0. The molecule has 5 rings (SSSR count). The van der Waals surface area contributed by atoms with Crippen molar-refractivity contribution >= 4 is 32.7 Å². The molecule has 3 aromatic carbocycles. The normalized spacial score (nSPS) is 13.1. The topological polar surface area (TPSA) is 30.1 Å². The van der Waals surface area contributed by atoms with Crippen LogP contribution in [-0.2, 0) is 13.1 Å². The number of para-hydroxylation sites is 3. The summed E-state index contributed by atoms with van der Waals surface area (Å²) in [6, 6.07) is 24.9. The molecule has 0 amide bonds. The molecular weight excluding hydrogens is 370 g/mol. The van der Waals surface area contributed by atoms with Crippen molar-refractivity contribution in [2.24, 2.45) is 0 Å². The van der Waals surface area contributed by atoms with Crippen molar-refractivity contribution in [2.75, 3.05) is 0 Å². The average Bonchev–Trinajstić information content (AvgIpc) is 3.25. The van der Waals surface area contributed by atoms with Gasteiger partial charge in [-0.05, 0) is 24.3 Å². The van der Waals surface area contributed by atoms with Crippen LogP contribution in [0, 0.1) is 0 Å². The molecule has 0 saturated carbocycles. The zero-order chi connectivity index (χ0) is 20.0. The van der Waals surface area contributed by atoms with Crippen molar-refractivity contribution in [3.05, 3.63) is 84.6 Å². The van der Waals surface area contributed by atoms with Crippen LogP contribution in [0.2, 0.25) is 0 Å². The Labute approximate surface area is 166 Å². The molecule has 146 valence electrons. The summed E-state index contributed by atoms with van der Waals surface area (Å²) >= 11 is 0. The molecule has 0 bridgehead atoms. The van der Waals surface area contributed by atoms with E-state index < -0.39 is 12.5 Å². The van der Waals surface area contributed by atoms with Gasteiger partial charge in [0, 0.05) is 32.7 Å². The smallest absolute Gasteiger partial charge is 0.278 e. The van der Waals surface area contributed by atoms with Gasteiger partial charge in [0.15, 0.2) is 0 Å². The van der Waals surface area contributed by atoms with Gasteiger partial charge < -0.3 is 14.2 Å². The fourth-order valence-electron chi connectivity index (χ4n) is 4.30. The lowest BCUT2D eigenvalue weighted by atomic mass is 10.2. The van der Waals surface area contributed by atoms with Gasteiger partial charge in [-0.3, -0.25) is 0 Å². The van der Waals surface area contributed by atoms with Crippen LogP contribution in [0.3, 0.4) is 0 Å². The molecule has 0 aliphatic heterocycles. The highest BCUT2D eigenvalue weighted by Gasteiger charge is 2.20. The van der Waals surface area contributed by atoms with Gasteiger partial charge in [0.05, 0.1) is 24.9 Å². The van der Waals surface area contributed by atoms with E-state index in [2.05, 4.69) is 16.7 Å². The number of aromatic nitrogens is 2. The molecule has 0 radical (unpaired) electrons. The molecule has 0 fully saturated rings. The zero-order valence-electron chi connectivity index (χ0n) is 15.7. The van der Waals surface area contributed by atoms with Crippen LogP contribution < -0.4 is 0 Å². The number of benzene rings is 3. The molecule has 29 heavy (non-hydrogen) atoms. The Hall–Kier alpha value is -3.18. The van der Waals surface area contributed by atoms with Crippen molar-refractivity contribution in [3.8, 4) is 0 Å². The molecule has 5 aromatic rings. The van der Waals surface area contributed by atoms with E-state index in [1.165, 1.54) is 6.07 Å². The van der Waals surface area contributed by atoms with Crippen molar-refractivity contribution in [1.82, 2.24) is 9.13 Å². The first-order valence-corrected chi connectivity index (χ1v) is 9.64.